The summed E-state index contributed by atoms with van der Waals surface area (Å²) in [5.74, 6) is 0.546. The number of halogens is 2. The maximum Gasteiger partial charge on any atom is 0.254 e. The zero-order valence-electron chi connectivity index (χ0n) is 19.0. The zero-order chi connectivity index (χ0) is 24.3. The highest BCUT2D eigenvalue weighted by Crippen LogP contribution is 2.28. The molecule has 2 aromatic carbocycles. The van der Waals surface area contributed by atoms with Gasteiger partial charge >= 0.3 is 0 Å². The van der Waals surface area contributed by atoms with Crippen molar-refractivity contribution in [1.82, 2.24) is 9.80 Å². The Morgan fingerprint density at radius 1 is 1.09 bits per heavy atom. The Morgan fingerprint density at radius 3 is 2.56 bits per heavy atom. The van der Waals surface area contributed by atoms with Gasteiger partial charge in [0.1, 0.15) is 11.9 Å². The second kappa shape index (κ2) is 10.8. The average Bonchev–Trinajstić information content (AvgIpc) is 2.82. The molecule has 1 amide bonds. The number of hydrogen-bond acceptors (Lipinski definition) is 6. The topological polar surface area (TPSA) is 76.2 Å². The molecule has 0 bridgehead atoms. The number of rotatable bonds is 6. The molecule has 0 radical (unpaired) electrons. The van der Waals surface area contributed by atoms with Gasteiger partial charge < -0.3 is 19.3 Å². The van der Waals surface area contributed by atoms with E-state index in [0.29, 0.717) is 35.3 Å². The van der Waals surface area contributed by atoms with Crippen molar-refractivity contribution in [2.24, 2.45) is 0 Å². The summed E-state index contributed by atoms with van der Waals surface area (Å²) in [5, 5.41) is 0.986. The van der Waals surface area contributed by atoms with Gasteiger partial charge in [0, 0.05) is 50.6 Å². The number of hydrogen-bond donors (Lipinski definition) is 0. The molecule has 1 atom stereocenters. The highest BCUT2D eigenvalue weighted by molar-refractivity contribution is 7.90. The molecule has 2 aromatic rings. The highest BCUT2D eigenvalue weighted by Gasteiger charge is 2.29. The van der Waals surface area contributed by atoms with E-state index in [1.165, 1.54) is 12.1 Å². The molecule has 0 spiro atoms. The lowest BCUT2D eigenvalue weighted by atomic mass is 10.1. The molecule has 0 saturated carbocycles. The first-order valence-electron chi connectivity index (χ1n) is 11.2. The molecule has 0 aromatic heterocycles. The van der Waals surface area contributed by atoms with Gasteiger partial charge in [0.2, 0.25) is 0 Å². The van der Waals surface area contributed by atoms with Gasteiger partial charge in [-0.1, -0.05) is 29.3 Å². The summed E-state index contributed by atoms with van der Waals surface area (Å²) in [5.41, 5.74) is 0.379. The van der Waals surface area contributed by atoms with Gasteiger partial charge in [-0.3, -0.25) is 4.79 Å². The van der Waals surface area contributed by atoms with Crippen LogP contribution in [0.5, 0.6) is 5.75 Å². The molecule has 184 valence electrons. The summed E-state index contributed by atoms with van der Waals surface area (Å²) in [6, 6.07) is 11.5. The van der Waals surface area contributed by atoms with Crippen molar-refractivity contribution in [3.05, 3.63) is 58.1 Å². The van der Waals surface area contributed by atoms with Crippen LogP contribution in [-0.4, -0.2) is 81.9 Å². The van der Waals surface area contributed by atoms with Gasteiger partial charge in [-0.05, 0) is 43.2 Å². The van der Waals surface area contributed by atoms with Crippen molar-refractivity contribution < 1.29 is 22.7 Å². The molecule has 2 saturated heterocycles. The Kier molecular flexibility index (Phi) is 8.05. The molecule has 1 unspecified atom stereocenters. The quantitative estimate of drug-likeness (QED) is 0.570. The number of ether oxygens (including phenoxy) is 2. The minimum absolute atomic E-state index is 0.0941. The van der Waals surface area contributed by atoms with Crippen molar-refractivity contribution in [3.8, 4) is 5.75 Å². The Hall–Kier alpha value is -1.84. The van der Waals surface area contributed by atoms with Crippen LogP contribution >= 0.6 is 23.2 Å². The van der Waals surface area contributed by atoms with Crippen LogP contribution in [0.25, 0.3) is 0 Å². The number of sulfone groups is 1. The van der Waals surface area contributed by atoms with E-state index in [1.807, 2.05) is 6.07 Å². The van der Waals surface area contributed by atoms with E-state index < -0.39 is 9.84 Å². The van der Waals surface area contributed by atoms with Crippen molar-refractivity contribution in [2.75, 3.05) is 45.6 Å². The number of piperidine rings is 1. The van der Waals surface area contributed by atoms with Crippen LogP contribution in [0.4, 0.5) is 0 Å². The monoisotopic (exact) mass is 526 g/mol. The average molecular weight is 527 g/mol. The first-order chi connectivity index (χ1) is 16.2. The second-order valence-electron chi connectivity index (χ2n) is 8.74. The molecule has 0 aliphatic carbocycles. The van der Waals surface area contributed by atoms with E-state index in [-0.39, 0.29) is 23.0 Å². The van der Waals surface area contributed by atoms with Gasteiger partial charge in [-0.15, -0.1) is 0 Å². The fraction of sp³-hybridized carbons (Fsp3) is 0.458. The van der Waals surface area contributed by atoms with Crippen LogP contribution in [0, 0.1) is 0 Å². The highest BCUT2D eigenvalue weighted by atomic mass is 35.5. The maximum absolute atomic E-state index is 13.0. The van der Waals surface area contributed by atoms with Gasteiger partial charge in [-0.2, -0.15) is 0 Å². The molecule has 7 nitrogen and oxygen atoms in total. The third-order valence-electron chi connectivity index (χ3n) is 6.13. The van der Waals surface area contributed by atoms with E-state index in [2.05, 4.69) is 4.90 Å². The molecule has 2 fully saturated rings. The summed E-state index contributed by atoms with van der Waals surface area (Å²) in [7, 11) is -3.37. The van der Waals surface area contributed by atoms with E-state index >= 15 is 0 Å². The van der Waals surface area contributed by atoms with E-state index in [1.54, 1.807) is 29.2 Å². The predicted octanol–water partition coefficient (Wildman–Crippen LogP) is 3.78. The summed E-state index contributed by atoms with van der Waals surface area (Å²) < 4.78 is 35.7. The van der Waals surface area contributed by atoms with Crippen molar-refractivity contribution in [2.45, 2.75) is 29.9 Å². The van der Waals surface area contributed by atoms with Gasteiger partial charge in [-0.25, -0.2) is 8.42 Å². The third-order valence-corrected chi connectivity index (χ3v) is 7.97. The minimum atomic E-state index is -3.37. The van der Waals surface area contributed by atoms with Crippen molar-refractivity contribution >= 4 is 38.9 Å². The second-order valence-corrected chi connectivity index (χ2v) is 11.6. The van der Waals surface area contributed by atoms with E-state index in [0.717, 1.165) is 44.5 Å². The number of benzene rings is 2. The Bertz CT molecular complexity index is 1140. The van der Waals surface area contributed by atoms with Crippen LogP contribution in [0.15, 0.2) is 47.4 Å². The standard InChI is InChI=1S/C24H28Cl2N2O5S/c1-34(30,31)21-4-2-3-17(13-21)24(29)28-11-12-32-20(16-28)15-27-9-7-18(8-10-27)33-19-5-6-22(25)23(26)14-19/h2-6,13-14,18,20H,7-12,15-16H2,1H3. The van der Waals surface area contributed by atoms with Crippen LogP contribution in [0.2, 0.25) is 10.0 Å². The van der Waals surface area contributed by atoms with Crippen molar-refractivity contribution in [3.63, 3.8) is 0 Å². The summed E-state index contributed by atoms with van der Waals surface area (Å²) in [6.07, 6.45) is 2.92. The Morgan fingerprint density at radius 2 is 1.85 bits per heavy atom. The molecule has 10 heteroatoms. The predicted molar refractivity (Wildman–Crippen MR) is 132 cm³/mol. The molecule has 4 rings (SSSR count). The van der Waals surface area contributed by atoms with Gasteiger partial charge in [0.25, 0.3) is 5.91 Å². The number of likely N-dealkylation sites (tertiary alicyclic amines) is 1. The molecule has 2 heterocycles. The molecule has 2 aliphatic rings. The minimum Gasteiger partial charge on any atom is -0.490 e. The number of nitrogens with zero attached hydrogens (tertiary/aromatic N) is 2. The summed E-state index contributed by atoms with van der Waals surface area (Å²) >= 11 is 12.0. The van der Waals surface area contributed by atoms with Crippen LogP contribution in [-0.2, 0) is 14.6 Å². The first-order valence-corrected chi connectivity index (χ1v) is 13.9. The lowest BCUT2D eigenvalue weighted by molar-refractivity contribution is -0.0414. The van der Waals surface area contributed by atoms with E-state index in [4.69, 9.17) is 32.7 Å². The fourth-order valence-corrected chi connectivity index (χ4v) is 5.25. The number of morpholine rings is 1. The molecule has 2 aliphatic heterocycles. The van der Waals surface area contributed by atoms with Crippen LogP contribution < -0.4 is 4.74 Å². The first kappa shape index (κ1) is 25.3. The lowest BCUT2D eigenvalue weighted by Gasteiger charge is -2.38. The number of carbonyl (C=O) groups excluding carboxylic acids is 1. The van der Waals surface area contributed by atoms with Crippen LogP contribution in [0.3, 0.4) is 0 Å². The Labute approximate surface area is 210 Å². The molecule has 0 N–H and O–H groups in total. The van der Waals surface area contributed by atoms with Crippen LogP contribution in [0.1, 0.15) is 23.2 Å². The largest absolute Gasteiger partial charge is 0.490 e. The SMILES string of the molecule is CS(=O)(=O)c1cccc(C(=O)N2CCOC(CN3CCC(Oc4ccc(Cl)c(Cl)c4)CC3)C2)c1. The third kappa shape index (κ3) is 6.43. The molecular weight excluding hydrogens is 499 g/mol. The molecule has 34 heavy (non-hydrogen) atoms. The van der Waals surface area contributed by atoms with Gasteiger partial charge in [0.15, 0.2) is 9.84 Å². The maximum atomic E-state index is 13.0. The Balaban J connectivity index is 1.28. The number of amides is 1. The number of carbonyl (C=O) groups is 1. The van der Waals surface area contributed by atoms with Crippen molar-refractivity contribution in [1.29, 1.82) is 0 Å². The lowest BCUT2D eigenvalue weighted by Crippen LogP contribution is -2.51. The van der Waals surface area contributed by atoms with E-state index in [9.17, 15) is 13.2 Å². The summed E-state index contributed by atoms with van der Waals surface area (Å²) in [6.45, 7) is 3.89. The normalized spacial score (nSPS) is 20.3. The zero-order valence-corrected chi connectivity index (χ0v) is 21.3. The molecular formula is C24H28Cl2N2O5S. The fourth-order valence-electron chi connectivity index (χ4n) is 4.30. The van der Waals surface area contributed by atoms with Gasteiger partial charge in [0.05, 0.1) is 27.7 Å². The summed E-state index contributed by atoms with van der Waals surface area (Å²) in [4.78, 5) is 17.2. The smallest absolute Gasteiger partial charge is 0.254 e.